The number of fused-ring (bicyclic) bond motifs is 3. The SMILES string of the molecule is COC(=O)CCCCN1C(=O)[C@]2(O[C@H](CC(=O)N3CCC[C@H]3CO)[C@@H]([Si](C)(C)F)[C@@H]2C)c2cc(N3C(=O)COc4ccccc43)ccc21. The summed E-state index contributed by atoms with van der Waals surface area (Å²) >= 11 is 0. The van der Waals surface area contributed by atoms with Gasteiger partial charge in [0.15, 0.2) is 12.2 Å². The third-order valence-corrected chi connectivity index (χ3v) is 12.9. The highest BCUT2D eigenvalue weighted by Crippen LogP contribution is 2.61. The first-order valence-corrected chi connectivity index (χ1v) is 19.7. The van der Waals surface area contributed by atoms with Crippen molar-refractivity contribution in [2.45, 2.75) is 81.8 Å². The van der Waals surface area contributed by atoms with Crippen LogP contribution in [-0.2, 0) is 34.3 Å². The summed E-state index contributed by atoms with van der Waals surface area (Å²) in [5.74, 6) is -1.27. The van der Waals surface area contributed by atoms with Crippen molar-refractivity contribution < 1.29 is 42.6 Å². The molecule has 6 rings (SSSR count). The number of ether oxygens (including phenoxy) is 3. The van der Waals surface area contributed by atoms with E-state index in [1.807, 2.05) is 19.1 Å². The average molecular weight is 682 g/mol. The molecule has 2 aromatic carbocycles. The molecule has 11 nitrogen and oxygen atoms in total. The van der Waals surface area contributed by atoms with Crippen LogP contribution in [0.5, 0.6) is 5.75 Å². The molecular formula is C35H44FN3O8Si. The maximum atomic E-state index is 16.4. The van der Waals surface area contributed by atoms with Gasteiger partial charge >= 0.3 is 5.97 Å². The monoisotopic (exact) mass is 681 g/mol. The molecule has 48 heavy (non-hydrogen) atoms. The molecule has 0 saturated carbocycles. The highest BCUT2D eigenvalue weighted by molar-refractivity contribution is 6.72. The number of anilines is 3. The lowest BCUT2D eigenvalue weighted by molar-refractivity contribution is -0.150. The number of rotatable bonds is 10. The number of benzene rings is 2. The first kappa shape index (κ1) is 34.1. The zero-order valence-electron chi connectivity index (χ0n) is 27.9. The normalized spacial score (nSPS) is 26.6. The molecule has 4 aliphatic rings. The molecule has 0 unspecified atom stereocenters. The summed E-state index contributed by atoms with van der Waals surface area (Å²) in [6.45, 7) is 5.51. The van der Waals surface area contributed by atoms with Crippen LogP contribution in [0, 0.1) is 5.92 Å². The molecular weight excluding hydrogens is 637 g/mol. The number of hydrogen-bond acceptors (Lipinski definition) is 8. The number of halogens is 1. The molecule has 2 fully saturated rings. The fourth-order valence-electron chi connectivity index (χ4n) is 8.27. The largest absolute Gasteiger partial charge is 0.482 e. The molecule has 13 heteroatoms. The van der Waals surface area contributed by atoms with Crippen LogP contribution in [0.4, 0.5) is 21.2 Å². The summed E-state index contributed by atoms with van der Waals surface area (Å²) in [6.07, 6.45) is 1.71. The summed E-state index contributed by atoms with van der Waals surface area (Å²) < 4.78 is 33.7. The van der Waals surface area contributed by atoms with E-state index >= 15 is 4.11 Å². The summed E-state index contributed by atoms with van der Waals surface area (Å²) in [5.41, 5.74) is -0.102. The summed E-state index contributed by atoms with van der Waals surface area (Å²) in [4.78, 5) is 58.3. The minimum Gasteiger partial charge on any atom is -0.482 e. The standard InChI is InChI=1S/C35H44FN3O8Si/c1-22-33(48(3,4)36)29(19-30(41)37-17-9-10-24(37)20-40)47-35(22)25-18-23(39-27-11-5-6-12-28(27)46-21-31(39)42)14-15-26(25)38(34(35)44)16-8-7-13-32(43)45-2/h5-6,11-12,14-15,18,22,24,29,33,40H,7-10,13,16-17,19-21H2,1-4H3/t22-,24-,29+,33-,35+/m0/s1. The number of para-hydroxylation sites is 2. The summed E-state index contributed by atoms with van der Waals surface area (Å²) in [6, 6.07) is 12.3. The lowest BCUT2D eigenvalue weighted by atomic mass is 9.82. The van der Waals surface area contributed by atoms with Crippen molar-refractivity contribution in [1.82, 2.24) is 4.90 Å². The van der Waals surface area contributed by atoms with E-state index < -0.39 is 31.6 Å². The Morgan fingerprint density at radius 2 is 1.90 bits per heavy atom. The van der Waals surface area contributed by atoms with Crippen LogP contribution in [0.25, 0.3) is 0 Å². The maximum absolute atomic E-state index is 16.4. The van der Waals surface area contributed by atoms with E-state index in [1.54, 1.807) is 58.1 Å². The zero-order valence-corrected chi connectivity index (χ0v) is 28.9. The van der Waals surface area contributed by atoms with Gasteiger partial charge in [0, 0.05) is 42.2 Å². The van der Waals surface area contributed by atoms with Gasteiger partial charge in [-0.2, -0.15) is 0 Å². The quantitative estimate of drug-likeness (QED) is 0.167. The maximum Gasteiger partial charge on any atom is 0.305 e. The fourth-order valence-corrected chi connectivity index (χ4v) is 10.8. The van der Waals surface area contributed by atoms with Gasteiger partial charge in [0.1, 0.15) is 5.75 Å². The number of aliphatic hydroxyl groups is 1. The Balaban J connectivity index is 1.41. The number of carbonyl (C=O) groups is 4. The second-order valence-corrected chi connectivity index (χ2v) is 17.5. The highest BCUT2D eigenvalue weighted by atomic mass is 28.4. The van der Waals surface area contributed by atoms with Gasteiger partial charge in [-0.3, -0.25) is 24.1 Å². The Labute approximate surface area is 281 Å². The van der Waals surface area contributed by atoms with Gasteiger partial charge < -0.3 is 33.2 Å². The number of unbranched alkanes of at least 4 members (excludes halogenated alkanes) is 1. The highest BCUT2D eigenvalue weighted by Gasteiger charge is 2.67. The van der Waals surface area contributed by atoms with E-state index in [9.17, 15) is 24.3 Å². The second kappa shape index (κ2) is 13.2. The van der Waals surface area contributed by atoms with Gasteiger partial charge in [0.25, 0.3) is 11.8 Å². The summed E-state index contributed by atoms with van der Waals surface area (Å²) in [7, 11) is -2.21. The number of hydrogen-bond donors (Lipinski definition) is 1. The number of nitrogens with zero attached hydrogens (tertiary/aromatic N) is 3. The molecule has 0 aliphatic carbocycles. The molecule has 0 bridgehead atoms. The van der Waals surface area contributed by atoms with Gasteiger partial charge in [0.2, 0.25) is 14.3 Å². The van der Waals surface area contributed by atoms with Crippen LogP contribution in [-0.4, -0.2) is 87.7 Å². The number of aliphatic hydroxyl groups excluding tert-OH is 1. The van der Waals surface area contributed by atoms with Crippen LogP contribution in [0.1, 0.15) is 51.0 Å². The number of methoxy groups -OCH3 is 1. The van der Waals surface area contributed by atoms with Crippen LogP contribution in [0.3, 0.4) is 0 Å². The Hall–Kier alpha value is -3.81. The number of carbonyl (C=O) groups excluding carboxylic acids is 4. The fraction of sp³-hybridized carbons (Fsp3) is 0.543. The van der Waals surface area contributed by atoms with E-state index in [-0.39, 0.29) is 62.3 Å². The number of likely N-dealkylation sites (tertiary alicyclic amines) is 1. The topological polar surface area (TPSA) is 126 Å². The van der Waals surface area contributed by atoms with Crippen molar-refractivity contribution in [3.8, 4) is 5.75 Å². The van der Waals surface area contributed by atoms with E-state index in [4.69, 9.17) is 14.2 Å². The van der Waals surface area contributed by atoms with Crippen molar-refractivity contribution in [3.05, 3.63) is 48.0 Å². The molecule has 258 valence electrons. The van der Waals surface area contributed by atoms with Crippen molar-refractivity contribution in [2.75, 3.05) is 43.2 Å². The molecule has 2 aromatic rings. The third kappa shape index (κ3) is 5.79. The van der Waals surface area contributed by atoms with Gasteiger partial charge in [-0.1, -0.05) is 19.1 Å². The van der Waals surface area contributed by atoms with E-state index in [0.717, 1.165) is 6.42 Å². The van der Waals surface area contributed by atoms with Crippen LogP contribution in [0.15, 0.2) is 42.5 Å². The number of esters is 1. The number of amides is 3. The molecule has 1 N–H and O–H groups in total. The van der Waals surface area contributed by atoms with E-state index in [2.05, 4.69) is 0 Å². The molecule has 4 aliphatic heterocycles. The summed E-state index contributed by atoms with van der Waals surface area (Å²) in [5, 5.41) is 9.87. The van der Waals surface area contributed by atoms with Crippen molar-refractivity contribution in [1.29, 1.82) is 0 Å². The molecule has 4 heterocycles. The molecule has 0 aromatic heterocycles. The van der Waals surface area contributed by atoms with Gasteiger partial charge in [0.05, 0.1) is 43.7 Å². The van der Waals surface area contributed by atoms with Crippen LogP contribution < -0.4 is 14.5 Å². The minimum absolute atomic E-state index is 0.107. The Kier molecular flexibility index (Phi) is 9.40. The lowest BCUT2D eigenvalue weighted by Gasteiger charge is -2.32. The molecule has 2 saturated heterocycles. The minimum atomic E-state index is -3.55. The predicted molar refractivity (Wildman–Crippen MR) is 178 cm³/mol. The average Bonchev–Trinajstić information content (AvgIpc) is 3.72. The van der Waals surface area contributed by atoms with E-state index in [1.165, 1.54) is 7.11 Å². The van der Waals surface area contributed by atoms with Gasteiger partial charge in [-0.15, -0.1) is 0 Å². The Morgan fingerprint density at radius 3 is 2.62 bits per heavy atom. The smallest absolute Gasteiger partial charge is 0.305 e. The van der Waals surface area contributed by atoms with E-state index in [0.29, 0.717) is 54.2 Å². The third-order valence-electron chi connectivity index (χ3n) is 10.4. The predicted octanol–water partition coefficient (Wildman–Crippen LogP) is 4.58. The van der Waals surface area contributed by atoms with Gasteiger partial charge in [-0.05, 0) is 69.1 Å². The Bertz CT molecular complexity index is 1600. The first-order valence-electron chi connectivity index (χ1n) is 16.8. The van der Waals surface area contributed by atoms with Gasteiger partial charge in [-0.25, -0.2) is 0 Å². The van der Waals surface area contributed by atoms with Crippen molar-refractivity contribution in [3.63, 3.8) is 0 Å². The zero-order chi connectivity index (χ0) is 34.4. The second-order valence-electron chi connectivity index (χ2n) is 13.7. The van der Waals surface area contributed by atoms with Crippen LogP contribution in [0.2, 0.25) is 18.6 Å². The molecule has 5 atom stereocenters. The molecule has 1 spiro atoms. The lowest BCUT2D eigenvalue weighted by Crippen LogP contribution is -2.45. The molecule has 3 amide bonds. The van der Waals surface area contributed by atoms with Crippen molar-refractivity contribution in [2.24, 2.45) is 5.92 Å². The Morgan fingerprint density at radius 1 is 1.12 bits per heavy atom. The first-order chi connectivity index (χ1) is 22.9. The van der Waals surface area contributed by atoms with Crippen molar-refractivity contribution >= 4 is 49.2 Å². The molecule has 0 radical (unpaired) electrons. The van der Waals surface area contributed by atoms with Crippen LogP contribution >= 0.6 is 0 Å².